The van der Waals surface area contributed by atoms with Crippen molar-refractivity contribution in [3.05, 3.63) is 94.3 Å². The van der Waals surface area contributed by atoms with Crippen LogP contribution in [0, 0.1) is 11.3 Å². The molecule has 0 amide bonds. The van der Waals surface area contributed by atoms with Gasteiger partial charge in [0.1, 0.15) is 19.0 Å². The van der Waals surface area contributed by atoms with Crippen molar-refractivity contribution < 1.29 is 23.8 Å². The van der Waals surface area contributed by atoms with Gasteiger partial charge in [0.25, 0.3) is 0 Å². The first-order valence-corrected chi connectivity index (χ1v) is 11.2. The Labute approximate surface area is 205 Å². The maximum Gasteiger partial charge on any atom is 0.337 e. The van der Waals surface area contributed by atoms with Gasteiger partial charge in [-0.05, 0) is 43.2 Å². The van der Waals surface area contributed by atoms with Crippen molar-refractivity contribution in [2.24, 2.45) is 0 Å². The quantitative estimate of drug-likeness (QED) is 0.419. The highest BCUT2D eigenvalue weighted by molar-refractivity contribution is 6.00. The minimum absolute atomic E-state index is 0.0335. The Balaban J connectivity index is 1.89. The van der Waals surface area contributed by atoms with Crippen LogP contribution < -0.4 is 10.1 Å². The molecule has 1 aliphatic rings. The summed E-state index contributed by atoms with van der Waals surface area (Å²) < 4.78 is 16.2. The molecule has 2 aromatic carbocycles. The lowest BCUT2D eigenvalue weighted by atomic mass is 9.80. The lowest BCUT2D eigenvalue weighted by Crippen LogP contribution is -2.32. The van der Waals surface area contributed by atoms with E-state index >= 15 is 0 Å². The van der Waals surface area contributed by atoms with Gasteiger partial charge in [0.15, 0.2) is 0 Å². The summed E-state index contributed by atoms with van der Waals surface area (Å²) in [6.45, 7) is 3.57. The first-order valence-electron chi connectivity index (χ1n) is 11.2. The molecule has 0 aliphatic carbocycles. The van der Waals surface area contributed by atoms with Crippen molar-refractivity contribution in [3.8, 4) is 11.8 Å². The number of rotatable bonds is 9. The molecule has 0 radical (unpaired) electrons. The maximum absolute atomic E-state index is 13.3. The van der Waals surface area contributed by atoms with E-state index < -0.39 is 17.9 Å². The van der Waals surface area contributed by atoms with Crippen molar-refractivity contribution in [2.45, 2.75) is 26.2 Å². The van der Waals surface area contributed by atoms with Crippen LogP contribution in [-0.2, 0) is 19.1 Å². The summed E-state index contributed by atoms with van der Waals surface area (Å²) >= 11 is 0. The molecule has 0 spiro atoms. The van der Waals surface area contributed by atoms with Gasteiger partial charge in [-0.1, -0.05) is 48.5 Å². The largest absolute Gasteiger partial charge is 0.497 e. The Morgan fingerprint density at radius 3 is 2.20 bits per heavy atom. The summed E-state index contributed by atoms with van der Waals surface area (Å²) in [5.74, 6) is -1.18. The molecule has 7 heteroatoms. The number of methoxy groups -OCH3 is 1. The zero-order valence-corrected chi connectivity index (χ0v) is 20.0. The van der Waals surface area contributed by atoms with Crippen LogP contribution in [0.15, 0.2) is 83.2 Å². The molecule has 35 heavy (non-hydrogen) atoms. The first-order chi connectivity index (χ1) is 17.0. The van der Waals surface area contributed by atoms with Crippen LogP contribution in [0.25, 0.3) is 6.08 Å². The Bertz CT molecular complexity index is 1190. The molecular formula is C28H28N2O5. The Hall–Kier alpha value is -4.31. The Kier molecular flexibility index (Phi) is 8.85. The predicted octanol–water partition coefficient (Wildman–Crippen LogP) is 4.64. The number of nitrogens with one attached hydrogen (secondary N) is 1. The zero-order valence-electron chi connectivity index (χ0n) is 20.0. The van der Waals surface area contributed by atoms with Crippen molar-refractivity contribution in [1.29, 1.82) is 5.26 Å². The van der Waals surface area contributed by atoms with Crippen LogP contribution in [0.5, 0.6) is 5.75 Å². The SMILES string of the molecule is COc1ccc(C2C(C(=O)OC/C=C/c3ccccc3)=C(C)NC(C)=C2C(=O)OCCC#N)cc1. The Morgan fingerprint density at radius 2 is 1.60 bits per heavy atom. The normalized spacial score (nSPS) is 15.4. The van der Waals surface area contributed by atoms with Gasteiger partial charge in [-0.3, -0.25) is 0 Å². The number of carbonyl (C=O) groups is 2. The fourth-order valence-corrected chi connectivity index (χ4v) is 3.88. The molecule has 0 saturated carbocycles. The molecule has 1 aliphatic heterocycles. The standard InChI is InChI=1S/C28H28N2O5/c1-19-24(27(31)34-17-7-11-21-9-5-4-6-10-21)26(22-12-14-23(33-3)15-13-22)25(20(2)30-19)28(32)35-18-8-16-29/h4-7,9-15,26,30H,8,17-18H2,1-3H3/b11-7+. The molecule has 1 atom stereocenters. The second-order valence-corrected chi connectivity index (χ2v) is 7.86. The van der Waals surface area contributed by atoms with Gasteiger partial charge in [0.05, 0.1) is 36.7 Å². The van der Waals surface area contributed by atoms with Crippen LogP contribution in [-0.4, -0.2) is 32.3 Å². The molecule has 7 nitrogen and oxygen atoms in total. The summed E-state index contributed by atoms with van der Waals surface area (Å²) in [5.41, 5.74) is 3.49. The van der Waals surface area contributed by atoms with E-state index in [4.69, 9.17) is 19.5 Å². The molecule has 1 unspecified atom stereocenters. The number of esters is 2. The van der Waals surface area contributed by atoms with E-state index in [0.717, 1.165) is 5.56 Å². The highest BCUT2D eigenvalue weighted by Gasteiger charge is 2.38. The molecule has 0 aromatic heterocycles. The van der Waals surface area contributed by atoms with Crippen molar-refractivity contribution in [2.75, 3.05) is 20.3 Å². The number of nitriles is 1. The van der Waals surface area contributed by atoms with E-state index in [-0.39, 0.29) is 19.6 Å². The monoisotopic (exact) mass is 472 g/mol. The summed E-state index contributed by atoms with van der Waals surface area (Å²) in [6.07, 6.45) is 3.72. The van der Waals surface area contributed by atoms with Crippen LogP contribution in [0.3, 0.4) is 0 Å². The maximum atomic E-state index is 13.3. The summed E-state index contributed by atoms with van der Waals surface area (Å²) in [5, 5.41) is 11.9. The minimum atomic E-state index is -0.706. The molecule has 1 heterocycles. The number of hydrogen-bond donors (Lipinski definition) is 1. The minimum Gasteiger partial charge on any atom is -0.497 e. The van der Waals surface area contributed by atoms with Gasteiger partial charge >= 0.3 is 11.9 Å². The average molecular weight is 473 g/mol. The summed E-state index contributed by atoms with van der Waals surface area (Å²) in [6, 6.07) is 18.8. The predicted molar refractivity (Wildman–Crippen MR) is 132 cm³/mol. The lowest BCUT2D eigenvalue weighted by molar-refractivity contribution is -0.139. The number of hydrogen-bond acceptors (Lipinski definition) is 7. The first kappa shape index (κ1) is 25.3. The number of nitrogens with zero attached hydrogens (tertiary/aromatic N) is 1. The molecule has 180 valence electrons. The number of allylic oxidation sites excluding steroid dienone is 2. The van der Waals surface area contributed by atoms with Gasteiger partial charge in [-0.15, -0.1) is 0 Å². The number of ether oxygens (including phenoxy) is 3. The molecule has 2 aromatic rings. The molecule has 0 fully saturated rings. The van der Waals surface area contributed by atoms with E-state index in [1.807, 2.05) is 42.5 Å². The highest BCUT2D eigenvalue weighted by atomic mass is 16.5. The Morgan fingerprint density at radius 1 is 0.971 bits per heavy atom. The van der Waals surface area contributed by atoms with Gasteiger partial charge in [-0.25, -0.2) is 9.59 Å². The zero-order chi connectivity index (χ0) is 25.2. The van der Waals surface area contributed by atoms with E-state index in [9.17, 15) is 9.59 Å². The van der Waals surface area contributed by atoms with E-state index in [2.05, 4.69) is 5.32 Å². The molecule has 1 N–H and O–H groups in total. The third-order valence-electron chi connectivity index (χ3n) is 5.52. The van der Waals surface area contributed by atoms with Gasteiger partial charge in [0.2, 0.25) is 0 Å². The molecule has 0 saturated heterocycles. The highest BCUT2D eigenvalue weighted by Crippen LogP contribution is 2.39. The van der Waals surface area contributed by atoms with E-state index in [1.165, 1.54) is 0 Å². The van der Waals surface area contributed by atoms with Crippen LogP contribution in [0.4, 0.5) is 0 Å². The smallest absolute Gasteiger partial charge is 0.337 e. The van der Waals surface area contributed by atoms with Gasteiger partial charge in [-0.2, -0.15) is 5.26 Å². The fraction of sp³-hybridized carbons (Fsp3) is 0.250. The van der Waals surface area contributed by atoms with Crippen LogP contribution in [0.2, 0.25) is 0 Å². The van der Waals surface area contributed by atoms with Gasteiger partial charge < -0.3 is 19.5 Å². The number of dihydropyridines is 1. The molecule has 0 bridgehead atoms. The topological polar surface area (TPSA) is 97.7 Å². The molecule has 3 rings (SSSR count). The van der Waals surface area contributed by atoms with Gasteiger partial charge in [0, 0.05) is 11.4 Å². The average Bonchev–Trinajstić information content (AvgIpc) is 2.86. The second-order valence-electron chi connectivity index (χ2n) is 7.86. The van der Waals surface area contributed by atoms with E-state index in [1.54, 1.807) is 51.3 Å². The number of benzene rings is 2. The van der Waals surface area contributed by atoms with Crippen molar-refractivity contribution >= 4 is 18.0 Å². The number of carbonyl (C=O) groups excluding carboxylic acids is 2. The fourth-order valence-electron chi connectivity index (χ4n) is 3.88. The van der Waals surface area contributed by atoms with Crippen LogP contribution >= 0.6 is 0 Å². The van der Waals surface area contributed by atoms with E-state index in [0.29, 0.717) is 33.9 Å². The second kappa shape index (κ2) is 12.2. The van der Waals surface area contributed by atoms with Crippen molar-refractivity contribution in [1.82, 2.24) is 5.32 Å². The summed E-state index contributed by atoms with van der Waals surface area (Å²) in [7, 11) is 1.57. The molecular weight excluding hydrogens is 444 g/mol. The van der Waals surface area contributed by atoms with Crippen molar-refractivity contribution in [3.63, 3.8) is 0 Å². The lowest BCUT2D eigenvalue weighted by Gasteiger charge is -2.30. The third kappa shape index (κ3) is 6.39. The summed E-state index contributed by atoms with van der Waals surface area (Å²) in [4.78, 5) is 26.3. The van der Waals surface area contributed by atoms with Crippen LogP contribution in [0.1, 0.15) is 37.3 Å². The third-order valence-corrected chi connectivity index (χ3v) is 5.52.